The zero-order valence-electron chi connectivity index (χ0n) is 14.8. The van der Waals surface area contributed by atoms with Crippen molar-refractivity contribution in [1.82, 2.24) is 14.8 Å². The van der Waals surface area contributed by atoms with E-state index in [0.717, 1.165) is 50.2 Å². The summed E-state index contributed by atoms with van der Waals surface area (Å²) in [6.07, 6.45) is 1.00. The lowest BCUT2D eigenvalue weighted by atomic mass is 9.88. The van der Waals surface area contributed by atoms with Gasteiger partial charge in [0.2, 0.25) is 0 Å². The number of likely N-dealkylation sites (tertiary alicyclic amines) is 1. The van der Waals surface area contributed by atoms with E-state index in [4.69, 9.17) is 9.47 Å². The Morgan fingerprint density at radius 1 is 1.12 bits per heavy atom. The monoisotopic (exact) mass is 353 g/mol. The molecule has 1 amide bonds. The third-order valence-electron chi connectivity index (χ3n) is 5.81. The molecule has 3 fully saturated rings. The molecule has 2 aromatic rings. The number of para-hydroxylation sites is 1. The Bertz CT molecular complexity index is 828. The maximum atomic E-state index is 12.8. The van der Waals surface area contributed by atoms with Gasteiger partial charge in [0, 0.05) is 24.5 Å². The summed E-state index contributed by atoms with van der Waals surface area (Å²) in [6, 6.07) is 12.1. The Hall–Kier alpha value is -2.02. The summed E-state index contributed by atoms with van der Waals surface area (Å²) in [4.78, 5) is 21.6. The lowest BCUT2D eigenvalue weighted by Crippen LogP contribution is -2.63. The maximum Gasteiger partial charge on any atom is 0.272 e. The van der Waals surface area contributed by atoms with Crippen molar-refractivity contribution in [2.45, 2.75) is 18.1 Å². The molecule has 1 aromatic carbocycles. The van der Waals surface area contributed by atoms with Gasteiger partial charge in [-0.05, 0) is 18.6 Å². The number of aromatic nitrogens is 1. The van der Waals surface area contributed by atoms with Crippen LogP contribution in [0.25, 0.3) is 10.9 Å². The molecule has 1 spiro atoms. The topological polar surface area (TPSA) is 54.9 Å². The van der Waals surface area contributed by atoms with Crippen LogP contribution >= 0.6 is 0 Å². The zero-order chi connectivity index (χ0) is 17.6. The minimum atomic E-state index is -0.157. The summed E-state index contributed by atoms with van der Waals surface area (Å²) in [5.41, 5.74) is 1.22. The second-order valence-electron chi connectivity index (χ2n) is 7.55. The van der Waals surface area contributed by atoms with Crippen LogP contribution in [0.2, 0.25) is 0 Å². The molecule has 6 nitrogen and oxygen atoms in total. The predicted octanol–water partition coefficient (Wildman–Crippen LogP) is 1.55. The van der Waals surface area contributed by atoms with E-state index in [9.17, 15) is 4.79 Å². The zero-order valence-corrected chi connectivity index (χ0v) is 14.8. The number of carbonyl (C=O) groups is 1. The second kappa shape index (κ2) is 6.30. The van der Waals surface area contributed by atoms with Gasteiger partial charge in [0.05, 0.1) is 38.4 Å². The first-order valence-electron chi connectivity index (χ1n) is 9.33. The molecule has 5 rings (SSSR count). The molecule has 1 unspecified atom stereocenters. The van der Waals surface area contributed by atoms with Gasteiger partial charge in [-0.15, -0.1) is 0 Å². The molecule has 4 heterocycles. The highest BCUT2D eigenvalue weighted by molar-refractivity contribution is 5.95. The Morgan fingerprint density at radius 3 is 2.77 bits per heavy atom. The Kier molecular flexibility index (Phi) is 3.92. The number of nitrogens with zero attached hydrogens (tertiary/aromatic N) is 3. The largest absolute Gasteiger partial charge is 0.379 e. The first kappa shape index (κ1) is 16.2. The predicted molar refractivity (Wildman–Crippen MR) is 97.1 cm³/mol. The molecule has 3 aliphatic rings. The molecule has 3 saturated heterocycles. The lowest BCUT2D eigenvalue weighted by Gasteiger charge is -2.47. The molecule has 1 atom stereocenters. The molecule has 0 radical (unpaired) electrons. The van der Waals surface area contributed by atoms with Gasteiger partial charge in [-0.2, -0.15) is 0 Å². The van der Waals surface area contributed by atoms with E-state index in [1.165, 1.54) is 0 Å². The quantitative estimate of drug-likeness (QED) is 0.820. The van der Waals surface area contributed by atoms with Crippen LogP contribution in [0.4, 0.5) is 0 Å². The van der Waals surface area contributed by atoms with Crippen LogP contribution in [0.3, 0.4) is 0 Å². The fraction of sp³-hybridized carbons (Fsp3) is 0.500. The standard InChI is InChI=1S/C20H23N3O3/c24-19(18-6-5-15-3-1-2-4-17(15)21-18)23-13-20(14-23)11-16(12-26-20)22-7-9-25-10-8-22/h1-6,16H,7-14H2. The van der Waals surface area contributed by atoms with Crippen molar-refractivity contribution in [2.24, 2.45) is 0 Å². The van der Waals surface area contributed by atoms with Crippen molar-refractivity contribution < 1.29 is 14.3 Å². The van der Waals surface area contributed by atoms with Crippen LogP contribution < -0.4 is 0 Å². The van der Waals surface area contributed by atoms with Crippen molar-refractivity contribution in [3.63, 3.8) is 0 Å². The fourth-order valence-electron chi connectivity index (χ4n) is 4.36. The average molecular weight is 353 g/mol. The normalized spacial score (nSPS) is 25.5. The van der Waals surface area contributed by atoms with Gasteiger partial charge in [0.25, 0.3) is 5.91 Å². The molecule has 0 N–H and O–H groups in total. The van der Waals surface area contributed by atoms with E-state index in [2.05, 4.69) is 9.88 Å². The summed E-state index contributed by atoms with van der Waals surface area (Å²) in [5.74, 6) is -0.000185. The first-order valence-corrected chi connectivity index (χ1v) is 9.33. The highest BCUT2D eigenvalue weighted by Gasteiger charge is 2.52. The minimum Gasteiger partial charge on any atom is -0.379 e. The summed E-state index contributed by atoms with van der Waals surface area (Å²) in [6.45, 7) is 5.67. The van der Waals surface area contributed by atoms with E-state index in [1.807, 2.05) is 41.3 Å². The van der Waals surface area contributed by atoms with Gasteiger partial charge in [0.1, 0.15) is 11.3 Å². The lowest BCUT2D eigenvalue weighted by molar-refractivity contribution is -0.0952. The highest BCUT2D eigenvalue weighted by Crippen LogP contribution is 2.37. The minimum absolute atomic E-state index is 0.000185. The number of ether oxygens (including phenoxy) is 2. The Labute approximate surface area is 152 Å². The Morgan fingerprint density at radius 2 is 1.92 bits per heavy atom. The summed E-state index contributed by atoms with van der Waals surface area (Å²) in [7, 11) is 0. The number of carbonyl (C=O) groups excluding carboxylic acids is 1. The number of rotatable bonds is 2. The summed E-state index contributed by atoms with van der Waals surface area (Å²) in [5, 5.41) is 1.05. The summed E-state index contributed by atoms with van der Waals surface area (Å²) >= 11 is 0. The van der Waals surface area contributed by atoms with Crippen LogP contribution in [0.1, 0.15) is 16.9 Å². The summed E-state index contributed by atoms with van der Waals surface area (Å²) < 4.78 is 11.6. The first-order chi connectivity index (χ1) is 12.7. The number of amides is 1. The van der Waals surface area contributed by atoms with Crippen LogP contribution in [-0.2, 0) is 9.47 Å². The number of hydrogen-bond acceptors (Lipinski definition) is 5. The second-order valence-corrected chi connectivity index (χ2v) is 7.55. The van der Waals surface area contributed by atoms with E-state index in [1.54, 1.807) is 0 Å². The fourth-order valence-corrected chi connectivity index (χ4v) is 4.36. The van der Waals surface area contributed by atoms with E-state index >= 15 is 0 Å². The van der Waals surface area contributed by atoms with E-state index < -0.39 is 0 Å². The highest BCUT2D eigenvalue weighted by atomic mass is 16.5. The molecule has 0 aliphatic carbocycles. The number of fused-ring (bicyclic) bond motifs is 1. The molecule has 6 heteroatoms. The molecule has 136 valence electrons. The van der Waals surface area contributed by atoms with Gasteiger partial charge in [-0.3, -0.25) is 9.69 Å². The van der Waals surface area contributed by atoms with Crippen LogP contribution in [0.5, 0.6) is 0 Å². The van der Waals surface area contributed by atoms with Crippen LogP contribution in [-0.4, -0.2) is 78.3 Å². The van der Waals surface area contributed by atoms with E-state index in [0.29, 0.717) is 24.8 Å². The molecule has 26 heavy (non-hydrogen) atoms. The van der Waals surface area contributed by atoms with Crippen LogP contribution in [0.15, 0.2) is 36.4 Å². The van der Waals surface area contributed by atoms with E-state index in [-0.39, 0.29) is 11.5 Å². The molecule has 0 bridgehead atoms. The third kappa shape index (κ3) is 2.78. The van der Waals surface area contributed by atoms with Crippen LogP contribution in [0, 0.1) is 0 Å². The number of benzene rings is 1. The van der Waals surface area contributed by atoms with Gasteiger partial charge in [-0.25, -0.2) is 4.98 Å². The maximum absolute atomic E-state index is 12.8. The molecule has 1 aromatic heterocycles. The van der Waals surface area contributed by atoms with Gasteiger partial charge < -0.3 is 14.4 Å². The van der Waals surface area contributed by atoms with Gasteiger partial charge in [0.15, 0.2) is 0 Å². The number of hydrogen-bond donors (Lipinski definition) is 0. The van der Waals surface area contributed by atoms with Crippen molar-refractivity contribution >= 4 is 16.8 Å². The van der Waals surface area contributed by atoms with Crippen molar-refractivity contribution in [2.75, 3.05) is 46.0 Å². The number of pyridine rings is 1. The van der Waals surface area contributed by atoms with Crippen molar-refractivity contribution in [1.29, 1.82) is 0 Å². The molecule has 0 saturated carbocycles. The van der Waals surface area contributed by atoms with Gasteiger partial charge in [-0.1, -0.05) is 24.3 Å². The van der Waals surface area contributed by atoms with Gasteiger partial charge >= 0.3 is 0 Å². The SMILES string of the molecule is O=C(c1ccc2ccccc2n1)N1CC2(CC(N3CCOCC3)CO2)C1. The van der Waals surface area contributed by atoms with Crippen molar-refractivity contribution in [3.8, 4) is 0 Å². The third-order valence-corrected chi connectivity index (χ3v) is 5.81. The van der Waals surface area contributed by atoms with Crippen molar-refractivity contribution in [3.05, 3.63) is 42.1 Å². The molecule has 3 aliphatic heterocycles. The average Bonchev–Trinajstić information content (AvgIpc) is 3.12. The smallest absolute Gasteiger partial charge is 0.272 e. The Balaban J connectivity index is 1.24. The number of morpholine rings is 1. The molecular weight excluding hydrogens is 330 g/mol. The molecular formula is C20H23N3O3.